The summed E-state index contributed by atoms with van der Waals surface area (Å²) in [4.78, 5) is 0. The monoisotopic (exact) mass is 172 g/mol. The third-order valence-corrected chi connectivity index (χ3v) is 3.14. The van der Waals surface area contributed by atoms with E-state index in [1.165, 1.54) is 0 Å². The van der Waals surface area contributed by atoms with Crippen molar-refractivity contribution < 1.29 is 14.9 Å². The molecular weight excluding hydrogens is 156 g/mol. The Hall–Kier alpha value is -0.120. The quantitative estimate of drug-likeness (QED) is 0.557. The Morgan fingerprint density at radius 3 is 2.58 bits per heavy atom. The molecule has 0 amide bonds. The third-order valence-electron chi connectivity index (χ3n) is 3.14. The van der Waals surface area contributed by atoms with Gasteiger partial charge in [-0.15, -0.1) is 0 Å². The maximum Gasteiger partial charge on any atom is 0.109 e. The van der Waals surface area contributed by atoms with Gasteiger partial charge in [-0.2, -0.15) is 0 Å². The van der Waals surface area contributed by atoms with Gasteiger partial charge in [0.15, 0.2) is 0 Å². The van der Waals surface area contributed by atoms with E-state index < -0.39 is 17.8 Å². The summed E-state index contributed by atoms with van der Waals surface area (Å²) in [7, 11) is 0. The van der Waals surface area contributed by atoms with Crippen LogP contribution in [0.1, 0.15) is 32.1 Å². The number of hydrogen-bond donors (Lipinski definition) is 2. The van der Waals surface area contributed by atoms with Crippen molar-refractivity contribution in [3.05, 3.63) is 0 Å². The molecule has 0 aromatic carbocycles. The Labute approximate surface area is 72.3 Å². The maximum atomic E-state index is 9.75. The van der Waals surface area contributed by atoms with Crippen LogP contribution in [-0.4, -0.2) is 34.6 Å². The van der Waals surface area contributed by atoms with E-state index in [0.717, 1.165) is 32.3 Å². The molecule has 70 valence electrons. The van der Waals surface area contributed by atoms with Crippen LogP contribution in [0.4, 0.5) is 0 Å². The molecule has 2 fully saturated rings. The lowest BCUT2D eigenvalue weighted by atomic mass is 9.79. The van der Waals surface area contributed by atoms with E-state index in [2.05, 4.69) is 0 Å². The molecule has 3 nitrogen and oxygen atoms in total. The molecule has 1 saturated carbocycles. The van der Waals surface area contributed by atoms with Crippen LogP contribution >= 0.6 is 0 Å². The first-order valence-electron chi connectivity index (χ1n) is 4.75. The van der Waals surface area contributed by atoms with Gasteiger partial charge in [-0.3, -0.25) is 0 Å². The Balaban J connectivity index is 2.11. The highest BCUT2D eigenvalue weighted by Gasteiger charge is 2.47. The molecular formula is C9H16O3. The highest BCUT2D eigenvalue weighted by Crippen LogP contribution is 2.39. The zero-order chi connectivity index (χ0) is 8.60. The van der Waals surface area contributed by atoms with Gasteiger partial charge in [-0.25, -0.2) is 0 Å². The predicted molar refractivity (Wildman–Crippen MR) is 43.8 cm³/mol. The Morgan fingerprint density at radius 1 is 1.17 bits per heavy atom. The molecule has 0 aromatic rings. The molecule has 0 radical (unpaired) electrons. The lowest BCUT2D eigenvalue weighted by Crippen LogP contribution is -2.51. The van der Waals surface area contributed by atoms with Crippen molar-refractivity contribution in [2.45, 2.75) is 49.9 Å². The van der Waals surface area contributed by atoms with Gasteiger partial charge in [0.05, 0.1) is 11.7 Å². The van der Waals surface area contributed by atoms with E-state index in [-0.39, 0.29) is 0 Å². The summed E-state index contributed by atoms with van der Waals surface area (Å²) in [5, 5.41) is 19.2. The van der Waals surface area contributed by atoms with Crippen molar-refractivity contribution in [1.29, 1.82) is 0 Å². The summed E-state index contributed by atoms with van der Waals surface area (Å²) in [5.74, 6) is 0. The summed E-state index contributed by atoms with van der Waals surface area (Å²) >= 11 is 0. The van der Waals surface area contributed by atoms with Crippen LogP contribution in [0.3, 0.4) is 0 Å². The van der Waals surface area contributed by atoms with Crippen LogP contribution in [0.25, 0.3) is 0 Å². The predicted octanol–water partition coefficient (Wildman–Crippen LogP) is 0.441. The first-order chi connectivity index (χ1) is 5.75. The maximum absolute atomic E-state index is 9.75. The van der Waals surface area contributed by atoms with Crippen LogP contribution in [0.2, 0.25) is 0 Å². The molecule has 2 N–H and O–H groups in total. The summed E-state index contributed by atoms with van der Waals surface area (Å²) < 4.78 is 5.55. The second-order valence-electron chi connectivity index (χ2n) is 3.92. The van der Waals surface area contributed by atoms with Crippen LogP contribution in [-0.2, 0) is 4.74 Å². The number of rotatable bonds is 0. The summed E-state index contributed by atoms with van der Waals surface area (Å²) in [6.45, 7) is 0.740. The van der Waals surface area contributed by atoms with Gasteiger partial charge in [0.1, 0.15) is 6.10 Å². The standard InChI is InChI=1S/C9H16O3/c10-7-3-1-4-9(8(7)11)5-2-6-12-9/h7-8,10-11H,1-6H2. The van der Waals surface area contributed by atoms with Crippen molar-refractivity contribution in [1.82, 2.24) is 0 Å². The Bertz CT molecular complexity index is 163. The molecule has 3 heteroatoms. The molecule has 0 aromatic heterocycles. The van der Waals surface area contributed by atoms with E-state index in [1.807, 2.05) is 0 Å². The van der Waals surface area contributed by atoms with Gasteiger partial charge in [-0.1, -0.05) is 0 Å². The molecule has 0 bridgehead atoms. The van der Waals surface area contributed by atoms with Crippen LogP contribution in [0.15, 0.2) is 0 Å². The second kappa shape index (κ2) is 2.98. The fourth-order valence-corrected chi connectivity index (χ4v) is 2.42. The van der Waals surface area contributed by atoms with E-state index >= 15 is 0 Å². The summed E-state index contributed by atoms with van der Waals surface area (Å²) in [5.41, 5.74) is -0.391. The van der Waals surface area contributed by atoms with Gasteiger partial charge >= 0.3 is 0 Å². The fraction of sp³-hybridized carbons (Fsp3) is 1.00. The lowest BCUT2D eigenvalue weighted by molar-refractivity contribution is -0.157. The Kier molecular flexibility index (Phi) is 2.10. The average Bonchev–Trinajstić information content (AvgIpc) is 2.50. The number of aliphatic hydroxyl groups is 2. The number of hydrogen-bond acceptors (Lipinski definition) is 3. The topological polar surface area (TPSA) is 49.7 Å². The highest BCUT2D eigenvalue weighted by molar-refractivity contribution is 4.98. The van der Waals surface area contributed by atoms with E-state index in [0.29, 0.717) is 6.42 Å². The normalized spacial score (nSPS) is 48.5. The molecule has 1 spiro atoms. The molecule has 2 aliphatic rings. The molecule has 12 heavy (non-hydrogen) atoms. The molecule has 1 saturated heterocycles. The fourth-order valence-electron chi connectivity index (χ4n) is 2.42. The highest BCUT2D eigenvalue weighted by atomic mass is 16.5. The van der Waals surface area contributed by atoms with Gasteiger partial charge in [0.25, 0.3) is 0 Å². The van der Waals surface area contributed by atoms with E-state index in [1.54, 1.807) is 0 Å². The first-order valence-corrected chi connectivity index (χ1v) is 4.75. The largest absolute Gasteiger partial charge is 0.390 e. The van der Waals surface area contributed by atoms with E-state index in [9.17, 15) is 10.2 Å². The zero-order valence-electron chi connectivity index (χ0n) is 7.20. The zero-order valence-corrected chi connectivity index (χ0v) is 7.20. The van der Waals surface area contributed by atoms with Gasteiger partial charge in [-0.05, 0) is 32.1 Å². The van der Waals surface area contributed by atoms with Crippen LogP contribution in [0, 0.1) is 0 Å². The van der Waals surface area contributed by atoms with Crippen molar-refractivity contribution in [2.75, 3.05) is 6.61 Å². The minimum Gasteiger partial charge on any atom is -0.390 e. The number of ether oxygens (including phenoxy) is 1. The third kappa shape index (κ3) is 1.16. The van der Waals surface area contributed by atoms with Crippen molar-refractivity contribution in [3.8, 4) is 0 Å². The Morgan fingerprint density at radius 2 is 1.92 bits per heavy atom. The molecule has 3 atom stereocenters. The van der Waals surface area contributed by atoms with Crippen molar-refractivity contribution in [2.24, 2.45) is 0 Å². The second-order valence-corrected chi connectivity index (χ2v) is 3.92. The van der Waals surface area contributed by atoms with Crippen molar-refractivity contribution >= 4 is 0 Å². The minimum atomic E-state index is -0.659. The molecule has 3 unspecified atom stereocenters. The number of aliphatic hydroxyl groups excluding tert-OH is 2. The SMILES string of the molecule is OC1CCCC2(CCCO2)C1O. The molecule has 1 aliphatic heterocycles. The summed E-state index contributed by atoms with van der Waals surface area (Å²) in [6.07, 6.45) is 3.29. The summed E-state index contributed by atoms with van der Waals surface area (Å²) in [6, 6.07) is 0. The molecule has 1 heterocycles. The van der Waals surface area contributed by atoms with Crippen molar-refractivity contribution in [3.63, 3.8) is 0 Å². The first kappa shape index (κ1) is 8.48. The van der Waals surface area contributed by atoms with Gasteiger partial charge in [0.2, 0.25) is 0 Å². The smallest absolute Gasteiger partial charge is 0.109 e. The van der Waals surface area contributed by atoms with Gasteiger partial charge in [0, 0.05) is 6.61 Å². The van der Waals surface area contributed by atoms with Gasteiger partial charge < -0.3 is 14.9 Å². The molecule has 2 rings (SSSR count). The van der Waals surface area contributed by atoms with Crippen LogP contribution < -0.4 is 0 Å². The van der Waals surface area contributed by atoms with Crippen LogP contribution in [0.5, 0.6) is 0 Å². The molecule has 1 aliphatic carbocycles. The minimum absolute atomic E-state index is 0.391. The van der Waals surface area contributed by atoms with E-state index in [4.69, 9.17) is 4.74 Å². The average molecular weight is 172 g/mol. The lowest BCUT2D eigenvalue weighted by Gasteiger charge is -2.40.